The number of ether oxygens (including phenoxy) is 4. The molecule has 0 aromatic heterocycles. The summed E-state index contributed by atoms with van der Waals surface area (Å²) in [5.41, 5.74) is 0.127. The van der Waals surface area contributed by atoms with Crippen LogP contribution in [0.4, 0.5) is 0 Å². The maximum atomic E-state index is 5.88. The average molecular weight is 414 g/mol. The zero-order valence-corrected chi connectivity index (χ0v) is 14.7. The summed E-state index contributed by atoms with van der Waals surface area (Å²) in [5.74, 6) is 0. The van der Waals surface area contributed by atoms with Gasteiger partial charge in [-0.3, -0.25) is 0 Å². The van der Waals surface area contributed by atoms with Gasteiger partial charge in [-0.25, -0.2) is 0 Å². The summed E-state index contributed by atoms with van der Waals surface area (Å²) in [6, 6.07) is 0. The van der Waals surface area contributed by atoms with Crippen LogP contribution >= 0.6 is 31.9 Å². The molecule has 1 aliphatic carbocycles. The maximum absolute atomic E-state index is 5.88. The third-order valence-electron chi connectivity index (χ3n) is 4.20. The molecule has 2 heterocycles. The fourth-order valence-electron chi connectivity index (χ4n) is 2.71. The van der Waals surface area contributed by atoms with Crippen molar-refractivity contribution in [3.8, 4) is 0 Å². The van der Waals surface area contributed by atoms with Gasteiger partial charge in [-0.1, -0.05) is 31.9 Å². The third kappa shape index (κ3) is 4.65. The molecule has 20 heavy (non-hydrogen) atoms. The van der Waals surface area contributed by atoms with Gasteiger partial charge in [0.25, 0.3) is 0 Å². The summed E-state index contributed by atoms with van der Waals surface area (Å²) in [6.45, 7) is 4.68. The van der Waals surface area contributed by atoms with Crippen LogP contribution in [0.5, 0.6) is 0 Å². The van der Waals surface area contributed by atoms with Crippen LogP contribution in [0.25, 0.3) is 0 Å². The maximum Gasteiger partial charge on any atom is 0.104 e. The smallest absolute Gasteiger partial charge is 0.104 e. The largest absolute Gasteiger partial charge is 0.378 e. The zero-order chi connectivity index (χ0) is 14.0. The fourth-order valence-corrected chi connectivity index (χ4v) is 4.08. The zero-order valence-electron chi connectivity index (χ0n) is 11.6. The lowest BCUT2D eigenvalue weighted by Gasteiger charge is -2.41. The quantitative estimate of drug-likeness (QED) is 0.453. The summed E-state index contributed by atoms with van der Waals surface area (Å²) in [7, 11) is 0. The van der Waals surface area contributed by atoms with Gasteiger partial charge in [0.05, 0.1) is 39.6 Å². The summed E-state index contributed by atoms with van der Waals surface area (Å²) >= 11 is 7.53. The lowest BCUT2D eigenvalue weighted by atomic mass is 9.75. The molecule has 4 atom stereocenters. The topological polar surface area (TPSA) is 43.5 Å². The highest BCUT2D eigenvalue weighted by molar-refractivity contribution is 9.12. The van der Waals surface area contributed by atoms with Crippen molar-refractivity contribution < 1.29 is 18.9 Å². The molecule has 116 valence electrons. The van der Waals surface area contributed by atoms with Crippen molar-refractivity contribution in [3.63, 3.8) is 0 Å². The van der Waals surface area contributed by atoms with Gasteiger partial charge >= 0.3 is 0 Å². The lowest BCUT2D eigenvalue weighted by Crippen LogP contribution is -2.42. The number of hydrogen-bond acceptors (Lipinski definition) is 4. The summed E-state index contributed by atoms with van der Waals surface area (Å²) in [5, 5.41) is 0. The van der Waals surface area contributed by atoms with Crippen LogP contribution in [0.3, 0.4) is 0 Å². The van der Waals surface area contributed by atoms with E-state index in [0.717, 1.165) is 58.9 Å². The van der Waals surface area contributed by atoms with Crippen molar-refractivity contribution in [1.29, 1.82) is 0 Å². The predicted octanol–water partition coefficient (Wildman–Crippen LogP) is 2.51. The second kappa shape index (κ2) is 6.92. The Balaban J connectivity index is 1.49. The molecule has 6 heteroatoms. The van der Waals surface area contributed by atoms with Crippen LogP contribution in [0.1, 0.15) is 19.3 Å². The van der Waals surface area contributed by atoms with Gasteiger partial charge < -0.3 is 18.9 Å². The minimum Gasteiger partial charge on any atom is -0.378 e. The molecule has 1 saturated carbocycles. The van der Waals surface area contributed by atoms with Crippen molar-refractivity contribution in [2.45, 2.75) is 41.1 Å². The number of halogens is 2. The molecular formula is C14H22Br2O4. The molecular weight excluding hydrogens is 392 g/mol. The Hall–Kier alpha value is 0.800. The van der Waals surface area contributed by atoms with Crippen LogP contribution in [0, 0.1) is 5.41 Å². The minimum absolute atomic E-state index is 0.127. The van der Waals surface area contributed by atoms with E-state index in [1.807, 2.05) is 0 Å². The van der Waals surface area contributed by atoms with Gasteiger partial charge in [0, 0.05) is 15.1 Å². The van der Waals surface area contributed by atoms with E-state index in [9.17, 15) is 0 Å². The van der Waals surface area contributed by atoms with Crippen molar-refractivity contribution in [2.75, 3.05) is 39.6 Å². The van der Waals surface area contributed by atoms with Crippen LogP contribution in [-0.2, 0) is 18.9 Å². The van der Waals surface area contributed by atoms with E-state index in [4.69, 9.17) is 18.9 Å². The highest BCUT2D eigenvalue weighted by atomic mass is 79.9. The highest BCUT2D eigenvalue weighted by Crippen LogP contribution is 2.42. The summed E-state index contributed by atoms with van der Waals surface area (Å²) < 4.78 is 22.2. The molecule has 0 radical (unpaired) electrons. The van der Waals surface area contributed by atoms with Crippen LogP contribution in [-0.4, -0.2) is 61.5 Å². The van der Waals surface area contributed by atoms with Gasteiger partial charge in [0.2, 0.25) is 0 Å². The highest BCUT2D eigenvalue weighted by Gasteiger charge is 2.40. The van der Waals surface area contributed by atoms with Gasteiger partial charge in [-0.05, 0) is 19.3 Å². The number of epoxide rings is 2. The lowest BCUT2D eigenvalue weighted by molar-refractivity contribution is -0.0445. The molecule has 2 saturated heterocycles. The predicted molar refractivity (Wildman–Crippen MR) is 82.8 cm³/mol. The Morgan fingerprint density at radius 3 is 1.95 bits per heavy atom. The first kappa shape index (κ1) is 15.7. The molecule has 3 rings (SSSR count). The minimum atomic E-state index is 0.127. The van der Waals surface area contributed by atoms with E-state index in [1.165, 1.54) is 0 Å². The van der Waals surface area contributed by atoms with Crippen molar-refractivity contribution in [2.24, 2.45) is 5.41 Å². The molecule has 4 unspecified atom stereocenters. The Bertz CT molecular complexity index is 302. The molecule has 0 spiro atoms. The first-order chi connectivity index (χ1) is 9.67. The van der Waals surface area contributed by atoms with Crippen LogP contribution in [0.15, 0.2) is 0 Å². The standard InChI is InChI=1S/C14H22Br2O4/c15-12-1-2-14(3-13(12)16,8-17-4-10-6-19-10)9-18-5-11-7-20-11/h10-13H,1-9H2. The monoisotopic (exact) mass is 412 g/mol. The fraction of sp³-hybridized carbons (Fsp3) is 1.00. The SMILES string of the molecule is BrC1CCC(COCC2CO2)(COCC2CO2)CC1Br. The van der Waals surface area contributed by atoms with Gasteiger partial charge in [-0.15, -0.1) is 0 Å². The molecule has 4 nitrogen and oxygen atoms in total. The molecule has 0 amide bonds. The number of alkyl halides is 2. The van der Waals surface area contributed by atoms with Gasteiger partial charge in [-0.2, -0.15) is 0 Å². The normalized spacial score (nSPS) is 43.5. The Labute approximate surface area is 137 Å². The van der Waals surface area contributed by atoms with Gasteiger partial charge in [0.15, 0.2) is 0 Å². The van der Waals surface area contributed by atoms with E-state index in [1.54, 1.807) is 0 Å². The van der Waals surface area contributed by atoms with Crippen molar-refractivity contribution in [1.82, 2.24) is 0 Å². The van der Waals surface area contributed by atoms with E-state index in [2.05, 4.69) is 31.9 Å². The average Bonchev–Trinajstić information content (AvgIpc) is 3.28. The van der Waals surface area contributed by atoms with E-state index in [0.29, 0.717) is 21.9 Å². The molecule has 0 N–H and O–H groups in total. The Morgan fingerprint density at radius 1 is 0.950 bits per heavy atom. The van der Waals surface area contributed by atoms with E-state index in [-0.39, 0.29) is 5.41 Å². The second-order valence-electron chi connectivity index (χ2n) is 6.22. The molecule has 0 aromatic rings. The van der Waals surface area contributed by atoms with Crippen molar-refractivity contribution >= 4 is 31.9 Å². The van der Waals surface area contributed by atoms with Crippen LogP contribution < -0.4 is 0 Å². The molecule has 2 aliphatic heterocycles. The summed E-state index contributed by atoms with van der Waals surface area (Å²) in [6.07, 6.45) is 4.05. The first-order valence-corrected chi connectivity index (χ1v) is 9.17. The molecule has 0 aromatic carbocycles. The molecule has 3 fully saturated rings. The number of rotatable bonds is 8. The first-order valence-electron chi connectivity index (χ1n) is 7.34. The third-order valence-corrected chi connectivity index (χ3v) is 6.97. The van der Waals surface area contributed by atoms with Gasteiger partial charge in [0.1, 0.15) is 12.2 Å². The Kier molecular flexibility index (Phi) is 5.43. The Morgan fingerprint density at radius 2 is 1.50 bits per heavy atom. The molecule has 0 bridgehead atoms. The van der Waals surface area contributed by atoms with Crippen molar-refractivity contribution in [3.05, 3.63) is 0 Å². The molecule has 3 aliphatic rings. The van der Waals surface area contributed by atoms with Crippen LogP contribution in [0.2, 0.25) is 0 Å². The van der Waals surface area contributed by atoms with E-state index >= 15 is 0 Å². The van der Waals surface area contributed by atoms with E-state index < -0.39 is 0 Å². The summed E-state index contributed by atoms with van der Waals surface area (Å²) in [4.78, 5) is 1.03. The number of hydrogen-bond donors (Lipinski definition) is 0. The second-order valence-corrected chi connectivity index (χ2v) is 8.57.